The molecule has 1 aliphatic rings. The molecule has 0 bridgehead atoms. The summed E-state index contributed by atoms with van der Waals surface area (Å²) in [5, 5.41) is 5.53. The summed E-state index contributed by atoms with van der Waals surface area (Å²) in [6.07, 6.45) is 4.39. The summed E-state index contributed by atoms with van der Waals surface area (Å²) in [7, 11) is 0. The van der Waals surface area contributed by atoms with Gasteiger partial charge < -0.3 is 10.6 Å². The summed E-state index contributed by atoms with van der Waals surface area (Å²) < 4.78 is 0.943. The van der Waals surface area contributed by atoms with Gasteiger partial charge in [-0.05, 0) is 49.4 Å². The molecular weight excluding hydrogens is 332 g/mol. The highest BCUT2D eigenvalue weighted by Crippen LogP contribution is 2.24. The first-order valence-corrected chi connectivity index (χ1v) is 8.14. The van der Waals surface area contributed by atoms with Crippen molar-refractivity contribution < 1.29 is 9.59 Å². The number of rotatable bonds is 2. The second kappa shape index (κ2) is 7.07. The minimum atomic E-state index is -0.599. The lowest BCUT2D eigenvalue weighted by Crippen LogP contribution is -2.45. The van der Waals surface area contributed by atoms with E-state index in [0.717, 1.165) is 29.3 Å². The van der Waals surface area contributed by atoms with Gasteiger partial charge in [0.1, 0.15) is 0 Å². The molecule has 0 radical (unpaired) electrons. The third kappa shape index (κ3) is 4.30. The van der Waals surface area contributed by atoms with Crippen LogP contribution in [0.4, 0.5) is 5.69 Å². The zero-order valence-corrected chi connectivity index (χ0v) is 14.0. The van der Waals surface area contributed by atoms with Crippen LogP contribution in [0.1, 0.15) is 38.2 Å². The molecule has 2 N–H and O–H groups in total. The lowest BCUT2D eigenvalue weighted by molar-refractivity contribution is -0.137. The Morgan fingerprint density at radius 1 is 1.19 bits per heavy atom. The topological polar surface area (TPSA) is 58.2 Å². The van der Waals surface area contributed by atoms with Gasteiger partial charge in [-0.15, -0.1) is 0 Å². The molecule has 0 aromatic heterocycles. The third-order valence-corrected chi connectivity index (χ3v) is 4.56. The van der Waals surface area contributed by atoms with Gasteiger partial charge in [0.25, 0.3) is 0 Å². The predicted octanol–water partition coefficient (Wildman–Crippen LogP) is 3.39. The van der Waals surface area contributed by atoms with Crippen LogP contribution >= 0.6 is 15.9 Å². The maximum Gasteiger partial charge on any atom is 0.313 e. The highest BCUT2D eigenvalue weighted by atomic mass is 79.9. The fourth-order valence-corrected chi connectivity index (χ4v) is 3.19. The quantitative estimate of drug-likeness (QED) is 0.801. The monoisotopic (exact) mass is 352 g/mol. The molecule has 1 fully saturated rings. The Morgan fingerprint density at radius 3 is 2.57 bits per heavy atom. The molecule has 0 heterocycles. The van der Waals surface area contributed by atoms with E-state index >= 15 is 0 Å². The first kappa shape index (κ1) is 16.0. The van der Waals surface area contributed by atoms with Crippen LogP contribution in [0.2, 0.25) is 0 Å². The normalized spacial score (nSPS) is 21.7. The Bertz CT molecular complexity index is 545. The Kier molecular flexibility index (Phi) is 5.39. The first-order chi connectivity index (χ1) is 9.97. The van der Waals surface area contributed by atoms with E-state index in [4.69, 9.17) is 0 Å². The Balaban J connectivity index is 1.94. The Morgan fingerprint density at radius 2 is 1.90 bits per heavy atom. The maximum absolute atomic E-state index is 12.0. The molecule has 0 spiro atoms. The van der Waals surface area contributed by atoms with E-state index in [1.807, 2.05) is 19.1 Å². The van der Waals surface area contributed by atoms with E-state index in [2.05, 4.69) is 33.5 Å². The fourth-order valence-electron chi connectivity index (χ4n) is 2.71. The number of hydrogen-bond donors (Lipinski definition) is 2. The molecule has 1 aliphatic carbocycles. The molecule has 1 saturated carbocycles. The number of hydrogen-bond acceptors (Lipinski definition) is 2. The Hall–Kier alpha value is -1.36. The summed E-state index contributed by atoms with van der Waals surface area (Å²) in [5.41, 5.74) is 1.58. The van der Waals surface area contributed by atoms with E-state index in [0.29, 0.717) is 11.6 Å². The molecule has 4 nitrogen and oxygen atoms in total. The van der Waals surface area contributed by atoms with Gasteiger partial charge >= 0.3 is 11.8 Å². The Labute approximate surface area is 133 Å². The van der Waals surface area contributed by atoms with Crippen molar-refractivity contribution in [1.82, 2.24) is 5.32 Å². The zero-order valence-electron chi connectivity index (χ0n) is 12.4. The van der Waals surface area contributed by atoms with Crippen molar-refractivity contribution in [3.05, 3.63) is 28.2 Å². The van der Waals surface area contributed by atoms with E-state index in [9.17, 15) is 9.59 Å². The van der Waals surface area contributed by atoms with Crippen molar-refractivity contribution in [2.75, 3.05) is 5.32 Å². The standard InChI is InChI=1S/C16H21BrN2O2/c1-10-5-3-4-6-13(10)18-15(20)16(21)19-14-8-7-12(17)9-11(14)2/h7-10,13H,3-6H2,1-2H3,(H,18,20)(H,19,21)/t10-,13+/m0/s1. The summed E-state index contributed by atoms with van der Waals surface area (Å²) in [5.74, 6) is -0.709. The number of halogens is 1. The average molecular weight is 353 g/mol. The molecule has 5 heteroatoms. The second-order valence-electron chi connectivity index (χ2n) is 5.76. The number of carbonyl (C=O) groups excluding carboxylic acids is 2. The molecule has 1 aromatic carbocycles. The summed E-state index contributed by atoms with van der Waals surface area (Å²) in [6, 6.07) is 5.64. The molecule has 0 aliphatic heterocycles. The largest absolute Gasteiger partial charge is 0.345 e. The minimum absolute atomic E-state index is 0.114. The summed E-state index contributed by atoms with van der Waals surface area (Å²) >= 11 is 3.37. The van der Waals surface area contributed by atoms with Gasteiger partial charge in [0, 0.05) is 16.2 Å². The van der Waals surface area contributed by atoms with Crippen LogP contribution in [-0.4, -0.2) is 17.9 Å². The minimum Gasteiger partial charge on any atom is -0.345 e. The molecule has 21 heavy (non-hydrogen) atoms. The molecule has 1 aromatic rings. The molecule has 2 amide bonds. The number of amides is 2. The molecule has 0 unspecified atom stereocenters. The molecule has 2 atom stereocenters. The van der Waals surface area contributed by atoms with Crippen molar-refractivity contribution in [3.63, 3.8) is 0 Å². The number of carbonyl (C=O) groups is 2. The van der Waals surface area contributed by atoms with E-state index < -0.39 is 11.8 Å². The van der Waals surface area contributed by atoms with Crippen molar-refractivity contribution in [3.8, 4) is 0 Å². The van der Waals surface area contributed by atoms with E-state index in [-0.39, 0.29) is 6.04 Å². The SMILES string of the molecule is Cc1cc(Br)ccc1NC(=O)C(=O)N[C@@H]1CCCC[C@@H]1C. The highest BCUT2D eigenvalue weighted by Gasteiger charge is 2.25. The number of benzene rings is 1. The fraction of sp³-hybridized carbons (Fsp3) is 0.500. The van der Waals surface area contributed by atoms with Crippen LogP contribution in [-0.2, 0) is 9.59 Å². The van der Waals surface area contributed by atoms with Crippen LogP contribution in [0, 0.1) is 12.8 Å². The lowest BCUT2D eigenvalue weighted by atomic mass is 9.86. The van der Waals surface area contributed by atoms with Crippen molar-refractivity contribution in [1.29, 1.82) is 0 Å². The van der Waals surface area contributed by atoms with Crippen molar-refractivity contribution in [2.45, 2.75) is 45.6 Å². The highest BCUT2D eigenvalue weighted by molar-refractivity contribution is 9.10. The second-order valence-corrected chi connectivity index (χ2v) is 6.67. The van der Waals surface area contributed by atoms with Gasteiger partial charge in [-0.2, -0.15) is 0 Å². The maximum atomic E-state index is 12.0. The van der Waals surface area contributed by atoms with Crippen LogP contribution in [0.5, 0.6) is 0 Å². The molecule has 2 rings (SSSR count). The van der Waals surface area contributed by atoms with Gasteiger partial charge in [0.05, 0.1) is 0 Å². The van der Waals surface area contributed by atoms with Gasteiger partial charge in [-0.25, -0.2) is 0 Å². The third-order valence-electron chi connectivity index (χ3n) is 4.07. The smallest absolute Gasteiger partial charge is 0.313 e. The summed E-state index contributed by atoms with van der Waals surface area (Å²) in [6.45, 7) is 4.02. The van der Waals surface area contributed by atoms with E-state index in [1.165, 1.54) is 6.42 Å². The summed E-state index contributed by atoms with van der Waals surface area (Å²) in [4.78, 5) is 24.0. The molecule has 114 valence electrons. The van der Waals surface area contributed by atoms with Crippen LogP contribution in [0.25, 0.3) is 0 Å². The van der Waals surface area contributed by atoms with Crippen molar-refractivity contribution in [2.24, 2.45) is 5.92 Å². The van der Waals surface area contributed by atoms with Crippen molar-refractivity contribution >= 4 is 33.4 Å². The predicted molar refractivity (Wildman–Crippen MR) is 87.1 cm³/mol. The van der Waals surface area contributed by atoms with E-state index in [1.54, 1.807) is 6.07 Å². The van der Waals surface area contributed by atoms with Gasteiger partial charge in [-0.1, -0.05) is 35.7 Å². The van der Waals surface area contributed by atoms with Crippen LogP contribution < -0.4 is 10.6 Å². The van der Waals surface area contributed by atoms with Crippen LogP contribution in [0.15, 0.2) is 22.7 Å². The first-order valence-electron chi connectivity index (χ1n) is 7.35. The average Bonchev–Trinajstić information content (AvgIpc) is 2.44. The number of aryl methyl sites for hydroxylation is 1. The number of nitrogens with one attached hydrogen (secondary N) is 2. The molecular formula is C16H21BrN2O2. The van der Waals surface area contributed by atoms with Gasteiger partial charge in [-0.3, -0.25) is 9.59 Å². The van der Waals surface area contributed by atoms with Crippen LogP contribution in [0.3, 0.4) is 0 Å². The zero-order chi connectivity index (χ0) is 15.4. The van der Waals surface area contributed by atoms with Gasteiger partial charge in [0.15, 0.2) is 0 Å². The lowest BCUT2D eigenvalue weighted by Gasteiger charge is -2.29. The number of anilines is 1. The van der Waals surface area contributed by atoms with Gasteiger partial charge in [0.2, 0.25) is 0 Å². The molecule has 0 saturated heterocycles.